The van der Waals surface area contributed by atoms with E-state index >= 15 is 0 Å². The van der Waals surface area contributed by atoms with E-state index in [2.05, 4.69) is 20.6 Å². The Hall–Kier alpha value is -3.67. The highest BCUT2D eigenvalue weighted by Gasteiger charge is 2.11. The minimum Gasteiger partial charge on any atom is -0.393 e. The van der Waals surface area contributed by atoms with Crippen molar-refractivity contribution in [2.75, 3.05) is 16.4 Å². The van der Waals surface area contributed by atoms with Gasteiger partial charge in [0.25, 0.3) is 0 Å². The smallest absolute Gasteiger partial charge is 0.159 e. The van der Waals surface area contributed by atoms with Crippen molar-refractivity contribution >= 4 is 39.5 Å². The molecule has 0 bridgehead atoms. The summed E-state index contributed by atoms with van der Waals surface area (Å²) in [7, 11) is 0. The zero-order valence-electron chi connectivity index (χ0n) is 13.8. The highest BCUT2D eigenvalue weighted by Crippen LogP contribution is 2.31. The molecule has 0 aliphatic rings. The quantitative estimate of drug-likeness (QED) is 0.493. The van der Waals surface area contributed by atoms with E-state index in [4.69, 9.17) is 5.73 Å². The molecule has 0 fully saturated rings. The van der Waals surface area contributed by atoms with Gasteiger partial charge in [-0.2, -0.15) is 0 Å². The van der Waals surface area contributed by atoms with Gasteiger partial charge in [-0.3, -0.25) is 0 Å². The van der Waals surface area contributed by atoms with Gasteiger partial charge in [0.1, 0.15) is 17.8 Å². The Kier molecular flexibility index (Phi) is 4.07. The number of hydrogen-bond donors (Lipinski definition) is 3. The lowest BCUT2D eigenvalue weighted by atomic mass is 10.1. The highest BCUT2D eigenvalue weighted by atomic mass is 19.1. The average Bonchev–Trinajstić information content (AvgIpc) is 2.67. The third kappa shape index (κ3) is 3.00. The van der Waals surface area contributed by atoms with Crippen LogP contribution in [-0.4, -0.2) is 9.97 Å². The molecule has 4 rings (SSSR count). The van der Waals surface area contributed by atoms with Gasteiger partial charge in [0.05, 0.1) is 5.69 Å². The van der Waals surface area contributed by atoms with Crippen LogP contribution in [-0.2, 0) is 0 Å². The molecule has 0 amide bonds. The van der Waals surface area contributed by atoms with Crippen LogP contribution >= 0.6 is 0 Å². The molecule has 1 aromatic heterocycles. The summed E-state index contributed by atoms with van der Waals surface area (Å²) < 4.78 is 13.9. The predicted molar refractivity (Wildman–Crippen MR) is 103 cm³/mol. The molecule has 128 valence electrons. The fourth-order valence-electron chi connectivity index (χ4n) is 2.75. The second-order valence-electron chi connectivity index (χ2n) is 5.74. The number of rotatable bonds is 4. The minimum absolute atomic E-state index is 0.300. The van der Waals surface area contributed by atoms with Gasteiger partial charge in [-0.05, 0) is 23.6 Å². The summed E-state index contributed by atoms with van der Waals surface area (Å²) in [6.07, 6.45) is 1.38. The number of anilines is 5. The highest BCUT2D eigenvalue weighted by molar-refractivity contribution is 5.96. The van der Waals surface area contributed by atoms with E-state index in [1.165, 1.54) is 12.4 Å². The standard InChI is InChI=1S/C20H16FN5/c21-15-9-3-4-10-17(15)26-20-18(22)19(23-12-24-20)25-16-11-5-7-13-6-1-2-8-14(13)16/h1-12H,22H2,(H2,23,24,25,26). The molecular formula is C20H16FN5. The summed E-state index contributed by atoms with van der Waals surface area (Å²) in [5.41, 5.74) is 7.69. The van der Waals surface area contributed by atoms with Crippen LogP contribution in [0.5, 0.6) is 0 Å². The van der Waals surface area contributed by atoms with Crippen molar-refractivity contribution in [3.8, 4) is 0 Å². The lowest BCUT2D eigenvalue weighted by Gasteiger charge is -2.14. The van der Waals surface area contributed by atoms with Crippen LogP contribution in [0.25, 0.3) is 10.8 Å². The molecule has 0 aliphatic heterocycles. The predicted octanol–water partition coefficient (Wildman–Crippen LogP) is 4.84. The van der Waals surface area contributed by atoms with Crippen molar-refractivity contribution in [1.29, 1.82) is 0 Å². The molecular weight excluding hydrogens is 329 g/mol. The van der Waals surface area contributed by atoms with Gasteiger partial charge in [-0.25, -0.2) is 14.4 Å². The molecule has 5 nitrogen and oxygen atoms in total. The van der Waals surface area contributed by atoms with E-state index in [0.29, 0.717) is 23.0 Å². The Morgan fingerprint density at radius 3 is 2.15 bits per heavy atom. The molecule has 3 aromatic carbocycles. The van der Waals surface area contributed by atoms with Crippen molar-refractivity contribution < 1.29 is 4.39 Å². The van der Waals surface area contributed by atoms with Gasteiger partial charge < -0.3 is 16.4 Å². The fourth-order valence-corrected chi connectivity index (χ4v) is 2.75. The maximum Gasteiger partial charge on any atom is 0.159 e. The van der Waals surface area contributed by atoms with Gasteiger partial charge in [-0.15, -0.1) is 0 Å². The first kappa shape index (κ1) is 15.8. The topological polar surface area (TPSA) is 75.9 Å². The number of para-hydroxylation sites is 1. The summed E-state index contributed by atoms with van der Waals surface area (Å²) in [4.78, 5) is 8.35. The number of nitrogens with two attached hydrogens (primary N) is 1. The fraction of sp³-hybridized carbons (Fsp3) is 0. The lowest BCUT2D eigenvalue weighted by Crippen LogP contribution is -2.06. The number of fused-ring (bicyclic) bond motifs is 1. The van der Waals surface area contributed by atoms with Gasteiger partial charge in [0.15, 0.2) is 11.6 Å². The summed E-state index contributed by atoms with van der Waals surface area (Å²) in [6, 6.07) is 20.3. The normalized spacial score (nSPS) is 10.7. The molecule has 0 unspecified atom stereocenters. The van der Waals surface area contributed by atoms with Crippen molar-refractivity contribution in [2.45, 2.75) is 0 Å². The molecule has 0 aliphatic carbocycles. The summed E-state index contributed by atoms with van der Waals surface area (Å²) in [5, 5.41) is 8.32. The average molecular weight is 345 g/mol. The molecule has 4 aromatic rings. The second kappa shape index (κ2) is 6.68. The zero-order valence-corrected chi connectivity index (χ0v) is 13.8. The van der Waals surface area contributed by atoms with E-state index in [1.54, 1.807) is 18.2 Å². The number of aromatic nitrogens is 2. The van der Waals surface area contributed by atoms with E-state index in [0.717, 1.165) is 16.5 Å². The van der Waals surface area contributed by atoms with Crippen molar-refractivity contribution in [1.82, 2.24) is 9.97 Å². The molecule has 0 saturated carbocycles. The monoisotopic (exact) mass is 345 g/mol. The first-order valence-corrected chi connectivity index (χ1v) is 8.09. The Labute approximate surface area is 149 Å². The molecule has 0 atom stereocenters. The maximum atomic E-state index is 13.9. The van der Waals surface area contributed by atoms with Crippen molar-refractivity contribution in [3.63, 3.8) is 0 Å². The van der Waals surface area contributed by atoms with Crippen LogP contribution in [0.1, 0.15) is 0 Å². The Morgan fingerprint density at radius 2 is 1.35 bits per heavy atom. The summed E-state index contributed by atoms with van der Waals surface area (Å²) >= 11 is 0. The molecule has 6 heteroatoms. The van der Waals surface area contributed by atoms with Crippen LogP contribution in [0.2, 0.25) is 0 Å². The number of hydrogen-bond acceptors (Lipinski definition) is 5. The molecule has 4 N–H and O–H groups in total. The Balaban J connectivity index is 1.69. The van der Waals surface area contributed by atoms with Crippen molar-refractivity contribution in [3.05, 3.63) is 78.9 Å². The van der Waals surface area contributed by atoms with Gasteiger partial charge in [0, 0.05) is 11.1 Å². The second-order valence-corrected chi connectivity index (χ2v) is 5.74. The van der Waals surface area contributed by atoms with Crippen LogP contribution in [0.3, 0.4) is 0 Å². The first-order valence-electron chi connectivity index (χ1n) is 8.09. The van der Waals surface area contributed by atoms with Crippen LogP contribution in [0.4, 0.5) is 33.1 Å². The first-order chi connectivity index (χ1) is 12.7. The third-order valence-electron chi connectivity index (χ3n) is 4.05. The summed E-state index contributed by atoms with van der Waals surface area (Å²) in [6.45, 7) is 0. The van der Waals surface area contributed by atoms with Gasteiger partial charge in [-0.1, -0.05) is 48.5 Å². The maximum absolute atomic E-state index is 13.9. The van der Waals surface area contributed by atoms with E-state index in [1.807, 2.05) is 42.5 Å². The Bertz CT molecular complexity index is 1080. The third-order valence-corrected chi connectivity index (χ3v) is 4.05. The van der Waals surface area contributed by atoms with Gasteiger partial charge >= 0.3 is 0 Å². The van der Waals surface area contributed by atoms with Crippen molar-refractivity contribution in [2.24, 2.45) is 0 Å². The molecule has 26 heavy (non-hydrogen) atoms. The van der Waals surface area contributed by atoms with E-state index in [-0.39, 0.29) is 5.82 Å². The van der Waals surface area contributed by atoms with E-state index < -0.39 is 0 Å². The Morgan fingerprint density at radius 1 is 0.731 bits per heavy atom. The largest absolute Gasteiger partial charge is 0.393 e. The molecule has 0 spiro atoms. The van der Waals surface area contributed by atoms with Gasteiger partial charge in [0.2, 0.25) is 0 Å². The summed E-state index contributed by atoms with van der Waals surface area (Å²) in [5.74, 6) is 0.414. The molecule has 0 saturated heterocycles. The SMILES string of the molecule is Nc1c(Nc2ccccc2F)ncnc1Nc1cccc2ccccc12. The molecule has 1 heterocycles. The number of nitrogens with one attached hydrogen (secondary N) is 2. The lowest BCUT2D eigenvalue weighted by molar-refractivity contribution is 0.632. The molecule has 0 radical (unpaired) electrons. The number of nitrogens with zero attached hydrogens (tertiary/aromatic N) is 2. The number of halogens is 1. The zero-order chi connectivity index (χ0) is 17.9. The number of nitrogen functional groups attached to an aromatic ring is 1. The van der Waals surface area contributed by atoms with Crippen LogP contribution < -0.4 is 16.4 Å². The van der Waals surface area contributed by atoms with Crippen LogP contribution in [0.15, 0.2) is 73.1 Å². The van der Waals surface area contributed by atoms with E-state index in [9.17, 15) is 4.39 Å². The minimum atomic E-state index is -0.380. The van der Waals surface area contributed by atoms with Crippen LogP contribution in [0, 0.1) is 5.82 Å². The number of benzene rings is 3.